The molecular formula is C14H17F2N. The van der Waals surface area contributed by atoms with Gasteiger partial charge in [-0.1, -0.05) is 12.1 Å². The Kier molecular flexibility index (Phi) is 2.87. The van der Waals surface area contributed by atoms with Gasteiger partial charge in [0.25, 0.3) is 0 Å². The third kappa shape index (κ3) is 2.21. The van der Waals surface area contributed by atoms with Crippen LogP contribution in [0.2, 0.25) is 0 Å². The van der Waals surface area contributed by atoms with Crippen LogP contribution in [0.4, 0.5) is 8.78 Å². The molecule has 0 spiro atoms. The van der Waals surface area contributed by atoms with Crippen LogP contribution in [0.25, 0.3) is 0 Å². The Labute approximate surface area is 100 Å². The second kappa shape index (κ2) is 4.37. The second-order valence-electron chi connectivity index (χ2n) is 5.29. The summed E-state index contributed by atoms with van der Waals surface area (Å²) in [5.74, 6) is -0.174. The fraction of sp³-hybridized carbons (Fsp3) is 0.571. The molecule has 3 heteroatoms. The van der Waals surface area contributed by atoms with Crippen LogP contribution in [0.3, 0.4) is 0 Å². The summed E-state index contributed by atoms with van der Waals surface area (Å²) < 4.78 is 26.8. The highest BCUT2D eigenvalue weighted by molar-refractivity contribution is 5.18. The van der Waals surface area contributed by atoms with E-state index in [1.54, 1.807) is 12.1 Å². The zero-order valence-corrected chi connectivity index (χ0v) is 9.70. The van der Waals surface area contributed by atoms with E-state index in [-0.39, 0.29) is 11.7 Å². The average molecular weight is 237 g/mol. The molecular weight excluding hydrogens is 220 g/mol. The molecule has 1 N–H and O–H groups in total. The van der Waals surface area contributed by atoms with Crippen LogP contribution in [0.1, 0.15) is 24.8 Å². The maximum atomic E-state index is 14.0. The van der Waals surface area contributed by atoms with E-state index in [1.807, 2.05) is 0 Å². The lowest BCUT2D eigenvalue weighted by molar-refractivity contribution is 0.136. The van der Waals surface area contributed by atoms with Crippen LogP contribution in [-0.2, 0) is 6.42 Å². The average Bonchev–Trinajstić information content (AvgIpc) is 2.71. The molecule has 0 amide bonds. The normalized spacial score (nSPS) is 36.1. The van der Waals surface area contributed by atoms with Crippen molar-refractivity contribution in [3.05, 3.63) is 35.6 Å². The topological polar surface area (TPSA) is 12.0 Å². The van der Waals surface area contributed by atoms with E-state index in [0.717, 1.165) is 18.4 Å². The molecule has 2 saturated heterocycles. The Morgan fingerprint density at radius 2 is 1.94 bits per heavy atom. The first-order valence-corrected chi connectivity index (χ1v) is 6.37. The Morgan fingerprint density at radius 1 is 1.18 bits per heavy atom. The molecule has 2 fully saturated rings. The number of benzene rings is 1. The summed E-state index contributed by atoms with van der Waals surface area (Å²) in [6.07, 6.45) is 2.83. The van der Waals surface area contributed by atoms with Crippen LogP contribution >= 0.6 is 0 Å². The third-order valence-electron chi connectivity index (χ3n) is 4.15. The SMILES string of the molecule is Fc1ccc(CC2C(F)CC3CCC2N3)cc1. The van der Waals surface area contributed by atoms with Gasteiger partial charge in [0.15, 0.2) is 0 Å². The molecule has 2 bridgehead atoms. The molecule has 1 aromatic carbocycles. The lowest BCUT2D eigenvalue weighted by atomic mass is 9.85. The molecule has 0 radical (unpaired) electrons. The van der Waals surface area contributed by atoms with E-state index in [2.05, 4.69) is 5.32 Å². The van der Waals surface area contributed by atoms with Crippen LogP contribution in [0.15, 0.2) is 24.3 Å². The van der Waals surface area contributed by atoms with E-state index in [0.29, 0.717) is 24.9 Å². The van der Waals surface area contributed by atoms with Crippen molar-refractivity contribution < 1.29 is 8.78 Å². The van der Waals surface area contributed by atoms with Crippen molar-refractivity contribution in [2.45, 2.75) is 43.9 Å². The lowest BCUT2D eigenvalue weighted by Gasteiger charge is -2.33. The Hall–Kier alpha value is -0.960. The van der Waals surface area contributed by atoms with E-state index in [9.17, 15) is 8.78 Å². The minimum Gasteiger partial charge on any atom is -0.311 e. The van der Waals surface area contributed by atoms with Gasteiger partial charge in [-0.25, -0.2) is 8.78 Å². The third-order valence-corrected chi connectivity index (χ3v) is 4.15. The molecule has 4 unspecified atom stereocenters. The van der Waals surface area contributed by atoms with Crippen molar-refractivity contribution in [3.8, 4) is 0 Å². The van der Waals surface area contributed by atoms with Gasteiger partial charge in [0.1, 0.15) is 12.0 Å². The summed E-state index contributed by atoms with van der Waals surface area (Å²) in [6, 6.07) is 7.15. The van der Waals surface area contributed by atoms with Gasteiger partial charge in [-0.05, 0) is 43.4 Å². The highest BCUT2D eigenvalue weighted by Gasteiger charge is 2.41. The zero-order valence-electron chi connectivity index (χ0n) is 9.70. The van der Waals surface area contributed by atoms with Gasteiger partial charge in [0.05, 0.1) is 0 Å². The Bertz CT molecular complexity index is 390. The number of rotatable bonds is 2. The molecule has 2 aliphatic heterocycles. The van der Waals surface area contributed by atoms with Crippen LogP contribution < -0.4 is 5.32 Å². The number of nitrogens with one attached hydrogen (secondary N) is 1. The molecule has 0 aromatic heterocycles. The highest BCUT2D eigenvalue weighted by Crippen LogP contribution is 2.35. The number of fused-ring (bicyclic) bond motifs is 2. The molecule has 2 aliphatic rings. The van der Waals surface area contributed by atoms with Crippen molar-refractivity contribution in [1.29, 1.82) is 0 Å². The highest BCUT2D eigenvalue weighted by atomic mass is 19.1. The van der Waals surface area contributed by atoms with Crippen LogP contribution in [0.5, 0.6) is 0 Å². The summed E-state index contributed by atoms with van der Waals surface area (Å²) in [5, 5.41) is 3.49. The van der Waals surface area contributed by atoms with E-state index in [4.69, 9.17) is 0 Å². The largest absolute Gasteiger partial charge is 0.311 e. The fourth-order valence-corrected chi connectivity index (χ4v) is 3.24. The van der Waals surface area contributed by atoms with Crippen LogP contribution in [-0.4, -0.2) is 18.3 Å². The minimum atomic E-state index is -0.709. The molecule has 17 heavy (non-hydrogen) atoms. The number of halogens is 2. The van der Waals surface area contributed by atoms with Gasteiger partial charge in [0.2, 0.25) is 0 Å². The standard InChI is InChI=1S/C14H17F2N/c15-10-3-1-9(2-4-10)7-12-13(16)8-11-5-6-14(12)17-11/h1-4,11-14,17H,5-8H2. The first-order chi connectivity index (χ1) is 8.22. The van der Waals surface area contributed by atoms with Crippen molar-refractivity contribution in [2.24, 2.45) is 5.92 Å². The molecule has 4 atom stereocenters. The summed E-state index contributed by atoms with van der Waals surface area (Å²) >= 11 is 0. The molecule has 1 aromatic rings. The Morgan fingerprint density at radius 3 is 2.71 bits per heavy atom. The minimum absolute atomic E-state index is 0.0548. The van der Waals surface area contributed by atoms with Gasteiger partial charge in [0, 0.05) is 18.0 Å². The van der Waals surface area contributed by atoms with Crippen molar-refractivity contribution in [2.75, 3.05) is 0 Å². The molecule has 2 heterocycles. The number of alkyl halides is 1. The quantitative estimate of drug-likeness (QED) is 0.834. The predicted molar refractivity (Wildman–Crippen MR) is 63.1 cm³/mol. The molecule has 3 rings (SSSR count). The van der Waals surface area contributed by atoms with Gasteiger partial charge in [-0.15, -0.1) is 0 Å². The van der Waals surface area contributed by atoms with E-state index in [1.165, 1.54) is 12.1 Å². The predicted octanol–water partition coefficient (Wildman–Crippen LogP) is 2.85. The van der Waals surface area contributed by atoms with Crippen molar-refractivity contribution in [3.63, 3.8) is 0 Å². The van der Waals surface area contributed by atoms with Crippen molar-refractivity contribution >= 4 is 0 Å². The Balaban J connectivity index is 1.73. The van der Waals surface area contributed by atoms with Crippen molar-refractivity contribution in [1.82, 2.24) is 5.32 Å². The molecule has 92 valence electrons. The summed E-state index contributed by atoms with van der Waals surface area (Å²) in [6.45, 7) is 0. The molecule has 1 nitrogen and oxygen atoms in total. The lowest BCUT2D eigenvalue weighted by Crippen LogP contribution is -2.47. The first-order valence-electron chi connectivity index (χ1n) is 6.37. The summed E-state index contributed by atoms with van der Waals surface area (Å²) in [7, 11) is 0. The maximum absolute atomic E-state index is 14.0. The summed E-state index contributed by atoms with van der Waals surface area (Å²) in [4.78, 5) is 0. The summed E-state index contributed by atoms with van der Waals surface area (Å²) in [5.41, 5.74) is 1.03. The van der Waals surface area contributed by atoms with E-state index < -0.39 is 6.17 Å². The number of hydrogen-bond donors (Lipinski definition) is 1. The van der Waals surface area contributed by atoms with Gasteiger partial charge < -0.3 is 5.32 Å². The zero-order chi connectivity index (χ0) is 11.8. The van der Waals surface area contributed by atoms with Gasteiger partial charge in [-0.3, -0.25) is 0 Å². The molecule has 0 saturated carbocycles. The smallest absolute Gasteiger partial charge is 0.123 e. The molecule has 0 aliphatic carbocycles. The monoisotopic (exact) mass is 237 g/mol. The van der Waals surface area contributed by atoms with Crippen LogP contribution in [0, 0.1) is 11.7 Å². The number of piperidine rings is 1. The van der Waals surface area contributed by atoms with Gasteiger partial charge in [-0.2, -0.15) is 0 Å². The maximum Gasteiger partial charge on any atom is 0.123 e. The first kappa shape index (κ1) is 11.1. The fourth-order valence-electron chi connectivity index (χ4n) is 3.24. The number of hydrogen-bond acceptors (Lipinski definition) is 1. The van der Waals surface area contributed by atoms with Gasteiger partial charge >= 0.3 is 0 Å². The second-order valence-corrected chi connectivity index (χ2v) is 5.29. The van der Waals surface area contributed by atoms with E-state index >= 15 is 0 Å².